The average molecular weight is 720 g/mol. The molecule has 5 rings (SSSR count). The highest BCUT2D eigenvalue weighted by Crippen LogP contribution is 2.32. The van der Waals surface area contributed by atoms with Gasteiger partial charge in [0, 0.05) is 50.7 Å². The fourth-order valence-corrected chi connectivity index (χ4v) is 6.11. The molecule has 1 aromatic heterocycles. The third-order valence-corrected chi connectivity index (χ3v) is 8.69. The third-order valence-electron chi connectivity index (χ3n) is 8.69. The van der Waals surface area contributed by atoms with Crippen LogP contribution in [0.1, 0.15) is 44.0 Å². The molecule has 2 aromatic carbocycles. The van der Waals surface area contributed by atoms with Gasteiger partial charge in [0.25, 0.3) is 11.8 Å². The van der Waals surface area contributed by atoms with Gasteiger partial charge in [0.05, 0.1) is 36.8 Å². The second-order valence-electron chi connectivity index (χ2n) is 13.8. The number of hydrogen-bond donors (Lipinski definition) is 2. The van der Waals surface area contributed by atoms with E-state index in [1.165, 1.54) is 12.3 Å². The van der Waals surface area contributed by atoms with Crippen molar-refractivity contribution in [1.82, 2.24) is 30.3 Å². The van der Waals surface area contributed by atoms with Crippen molar-refractivity contribution in [1.29, 1.82) is 5.26 Å². The number of hydrogen-bond acceptors (Lipinski definition) is 9. The van der Waals surface area contributed by atoms with Gasteiger partial charge in [0.15, 0.2) is 0 Å². The quantitative estimate of drug-likeness (QED) is 0.281. The van der Waals surface area contributed by atoms with Crippen LogP contribution in [0.2, 0.25) is 0 Å². The molecule has 0 aliphatic carbocycles. The van der Waals surface area contributed by atoms with E-state index in [9.17, 15) is 28.0 Å². The van der Waals surface area contributed by atoms with Crippen LogP contribution < -0.4 is 15.4 Å². The Morgan fingerprint density at radius 2 is 1.71 bits per heavy atom. The molecule has 1 atom stereocenters. The number of fused-ring (bicyclic) bond motifs is 1. The molecule has 4 amide bonds. The number of rotatable bonds is 11. The Morgan fingerprint density at radius 3 is 2.44 bits per heavy atom. The molecule has 2 fully saturated rings. The van der Waals surface area contributed by atoms with Crippen molar-refractivity contribution in [2.75, 3.05) is 59.0 Å². The lowest BCUT2D eigenvalue weighted by atomic mass is 10.0. The summed E-state index contributed by atoms with van der Waals surface area (Å²) in [5, 5.41) is 14.7. The number of pyridine rings is 1. The van der Waals surface area contributed by atoms with Crippen molar-refractivity contribution in [3.63, 3.8) is 0 Å². The van der Waals surface area contributed by atoms with Gasteiger partial charge in [-0.1, -0.05) is 24.3 Å². The maximum absolute atomic E-state index is 13.8. The summed E-state index contributed by atoms with van der Waals surface area (Å²) in [6.45, 7) is 7.76. The van der Waals surface area contributed by atoms with Gasteiger partial charge in [-0.3, -0.25) is 24.3 Å². The van der Waals surface area contributed by atoms with Gasteiger partial charge in [-0.2, -0.15) is 5.26 Å². The predicted molar refractivity (Wildman–Crippen MR) is 188 cm³/mol. The molecule has 0 radical (unpaired) electrons. The number of alkyl halides is 2. The van der Waals surface area contributed by atoms with Crippen molar-refractivity contribution in [3.05, 3.63) is 60.3 Å². The zero-order valence-corrected chi connectivity index (χ0v) is 29.5. The van der Waals surface area contributed by atoms with Gasteiger partial charge in [-0.05, 0) is 62.6 Å². The molecule has 2 saturated heterocycles. The molecule has 52 heavy (non-hydrogen) atoms. The zero-order chi connectivity index (χ0) is 37.5. The van der Waals surface area contributed by atoms with E-state index in [1.807, 2.05) is 36.4 Å². The predicted octanol–water partition coefficient (Wildman–Crippen LogP) is 3.83. The number of piperazine rings is 1. The van der Waals surface area contributed by atoms with Crippen molar-refractivity contribution >= 4 is 34.7 Å². The van der Waals surface area contributed by atoms with Crippen LogP contribution in [0.25, 0.3) is 22.0 Å². The van der Waals surface area contributed by atoms with Gasteiger partial charge in [0.1, 0.15) is 23.9 Å². The Labute approximate surface area is 300 Å². The highest BCUT2D eigenvalue weighted by atomic mass is 19.3. The first-order valence-electron chi connectivity index (χ1n) is 17.2. The summed E-state index contributed by atoms with van der Waals surface area (Å²) in [7, 11) is 0. The molecule has 3 aromatic rings. The summed E-state index contributed by atoms with van der Waals surface area (Å²) in [6.07, 6.45) is 0.938. The van der Waals surface area contributed by atoms with Gasteiger partial charge < -0.3 is 29.9 Å². The molecule has 15 heteroatoms. The summed E-state index contributed by atoms with van der Waals surface area (Å²) in [5.41, 5.74) is 1.93. The fourth-order valence-electron chi connectivity index (χ4n) is 6.11. The summed E-state index contributed by atoms with van der Waals surface area (Å²) >= 11 is 0. The second kappa shape index (κ2) is 16.3. The number of aromatic nitrogens is 1. The van der Waals surface area contributed by atoms with Crippen LogP contribution in [0, 0.1) is 11.3 Å². The summed E-state index contributed by atoms with van der Waals surface area (Å²) in [4.78, 5) is 59.2. The van der Waals surface area contributed by atoms with Crippen molar-refractivity contribution < 1.29 is 37.4 Å². The highest BCUT2D eigenvalue weighted by Gasteiger charge is 2.47. The molecule has 3 heterocycles. The van der Waals surface area contributed by atoms with Crippen molar-refractivity contribution in [2.45, 2.75) is 51.2 Å². The number of amides is 4. The zero-order valence-electron chi connectivity index (χ0n) is 29.5. The number of likely N-dealkylation sites (tertiary alicyclic amines) is 1. The average Bonchev–Trinajstić information content (AvgIpc) is 3.44. The molecule has 2 aliphatic heterocycles. The Kier molecular flexibility index (Phi) is 11.9. The monoisotopic (exact) mass is 719 g/mol. The number of ether oxygens (including phenoxy) is 2. The first kappa shape index (κ1) is 37.9. The SMILES string of the molecule is CC(C)(C)OC(=O)NCC(=O)N1CCN(CCCOc2cccc(-c3ccc4c(C(=O)NCC(=O)N5CC(F)(F)C[C@H]5C#N)ccnc4c3)c2)CC1. The van der Waals surface area contributed by atoms with E-state index in [2.05, 4.69) is 20.5 Å². The third kappa shape index (κ3) is 10.1. The lowest BCUT2D eigenvalue weighted by Gasteiger charge is -2.34. The molecule has 0 bridgehead atoms. The number of carbonyl (C=O) groups excluding carboxylic acids is 4. The van der Waals surface area contributed by atoms with E-state index in [-0.39, 0.29) is 18.0 Å². The molecule has 0 saturated carbocycles. The van der Waals surface area contributed by atoms with E-state index in [0.29, 0.717) is 36.3 Å². The molecule has 0 spiro atoms. The maximum Gasteiger partial charge on any atom is 0.408 e. The molecular formula is C37H43F2N7O6. The smallest absolute Gasteiger partial charge is 0.408 e. The molecule has 0 unspecified atom stereocenters. The molecule has 276 valence electrons. The summed E-state index contributed by atoms with van der Waals surface area (Å²) in [5.74, 6) is -3.90. The van der Waals surface area contributed by atoms with E-state index >= 15 is 0 Å². The molecule has 2 aliphatic rings. The Hall–Kier alpha value is -5.36. The van der Waals surface area contributed by atoms with Crippen molar-refractivity contribution in [2.24, 2.45) is 0 Å². The normalized spacial score (nSPS) is 17.3. The van der Waals surface area contributed by atoms with Crippen molar-refractivity contribution in [3.8, 4) is 22.9 Å². The summed E-state index contributed by atoms with van der Waals surface area (Å²) < 4.78 is 38.8. The second-order valence-corrected chi connectivity index (χ2v) is 13.8. The number of nitrogens with zero attached hydrogens (tertiary/aromatic N) is 5. The number of nitrogens with one attached hydrogen (secondary N) is 2. The lowest BCUT2D eigenvalue weighted by Crippen LogP contribution is -2.51. The number of benzene rings is 2. The fraction of sp³-hybridized carbons (Fsp3) is 0.459. The van der Waals surface area contributed by atoms with Crippen LogP contribution in [0.15, 0.2) is 54.7 Å². The minimum Gasteiger partial charge on any atom is -0.494 e. The Balaban J connectivity index is 1.08. The van der Waals surface area contributed by atoms with E-state index < -0.39 is 55.0 Å². The van der Waals surface area contributed by atoms with Crippen LogP contribution in [-0.4, -0.2) is 120 Å². The van der Waals surface area contributed by atoms with Crippen LogP contribution in [0.5, 0.6) is 5.75 Å². The minimum atomic E-state index is -3.14. The Bertz CT molecular complexity index is 1830. The van der Waals surface area contributed by atoms with Crippen LogP contribution in [0.3, 0.4) is 0 Å². The topological polar surface area (TPSA) is 157 Å². The molecule has 13 nitrogen and oxygen atoms in total. The maximum atomic E-state index is 13.8. The molecular weight excluding hydrogens is 676 g/mol. The lowest BCUT2D eigenvalue weighted by molar-refractivity contribution is -0.132. The first-order valence-corrected chi connectivity index (χ1v) is 17.2. The van der Waals surface area contributed by atoms with E-state index in [1.54, 1.807) is 37.8 Å². The van der Waals surface area contributed by atoms with Gasteiger partial charge in [-0.25, -0.2) is 13.6 Å². The van der Waals surface area contributed by atoms with Gasteiger partial charge in [0.2, 0.25) is 11.8 Å². The Morgan fingerprint density at radius 1 is 0.981 bits per heavy atom. The highest BCUT2D eigenvalue weighted by molar-refractivity contribution is 6.07. The largest absolute Gasteiger partial charge is 0.494 e. The van der Waals surface area contributed by atoms with E-state index in [4.69, 9.17) is 14.7 Å². The minimum absolute atomic E-state index is 0.0983. The number of nitriles is 1. The van der Waals surface area contributed by atoms with Crippen LogP contribution in [-0.2, 0) is 14.3 Å². The standard InChI is InChI=1S/C37H43F2N7O6/c1-36(2,3)52-35(50)43-22-32(47)45-15-13-44(14-16-45)12-5-17-51-28-7-4-6-25(18-28)26-8-9-29-30(10-11-41-31(29)19-26)34(49)42-23-33(48)46-24-37(38,39)20-27(46)21-40/h4,6-11,18-19,27H,5,12-17,20,22-24H2,1-3H3,(H,42,49)(H,43,50)/t27-/m0/s1. The first-order chi connectivity index (χ1) is 24.7. The summed E-state index contributed by atoms with van der Waals surface area (Å²) in [6, 6.07) is 15.1. The number of alkyl carbamates (subject to hydrolysis) is 1. The number of carbonyl (C=O) groups is 4. The van der Waals surface area contributed by atoms with Crippen LogP contribution in [0.4, 0.5) is 13.6 Å². The van der Waals surface area contributed by atoms with Gasteiger partial charge >= 0.3 is 6.09 Å². The number of halogens is 2. The molecule has 2 N–H and O–H groups in total. The van der Waals surface area contributed by atoms with Crippen LogP contribution >= 0.6 is 0 Å². The van der Waals surface area contributed by atoms with Gasteiger partial charge in [-0.15, -0.1) is 0 Å². The van der Waals surface area contributed by atoms with E-state index in [0.717, 1.165) is 42.1 Å².